The highest BCUT2D eigenvalue weighted by Crippen LogP contribution is 2.35. The van der Waals surface area contributed by atoms with Gasteiger partial charge in [-0.15, -0.1) is 0 Å². The third-order valence-corrected chi connectivity index (χ3v) is 4.48. The van der Waals surface area contributed by atoms with Crippen LogP contribution in [-0.2, 0) is 6.18 Å². The van der Waals surface area contributed by atoms with Crippen LogP contribution in [0.25, 0.3) is 5.52 Å². The SMILES string of the molecule is CN(CC1CC(Br)C1)c1nccn2nc(C(F)(F)F)cc12. The molecule has 0 bridgehead atoms. The molecular weight excluding hydrogens is 349 g/mol. The number of fused-ring (bicyclic) bond motifs is 1. The van der Waals surface area contributed by atoms with Gasteiger partial charge in [-0.3, -0.25) is 0 Å². The fourth-order valence-corrected chi connectivity index (χ4v) is 3.68. The van der Waals surface area contributed by atoms with Crippen LogP contribution in [0.2, 0.25) is 0 Å². The minimum Gasteiger partial charge on any atom is -0.358 e. The third-order valence-electron chi connectivity index (χ3n) is 3.73. The molecule has 1 saturated carbocycles. The summed E-state index contributed by atoms with van der Waals surface area (Å²) in [5.41, 5.74) is -0.517. The summed E-state index contributed by atoms with van der Waals surface area (Å²) in [6.45, 7) is 0.779. The molecule has 0 radical (unpaired) electrons. The van der Waals surface area contributed by atoms with Gasteiger partial charge in [-0.25, -0.2) is 9.50 Å². The number of aromatic nitrogens is 3. The zero-order valence-corrected chi connectivity index (χ0v) is 12.9. The Bertz CT molecular complexity index is 648. The van der Waals surface area contributed by atoms with E-state index in [1.165, 1.54) is 16.9 Å². The first-order valence-corrected chi connectivity index (χ1v) is 7.53. The molecule has 1 aliphatic rings. The maximum absolute atomic E-state index is 12.8. The van der Waals surface area contributed by atoms with Gasteiger partial charge in [0.1, 0.15) is 5.52 Å². The smallest absolute Gasteiger partial charge is 0.358 e. The van der Waals surface area contributed by atoms with Gasteiger partial charge in [0.15, 0.2) is 11.5 Å². The molecule has 0 spiro atoms. The summed E-state index contributed by atoms with van der Waals surface area (Å²) in [7, 11) is 1.85. The topological polar surface area (TPSA) is 33.4 Å². The third kappa shape index (κ3) is 2.86. The van der Waals surface area contributed by atoms with Crippen molar-refractivity contribution in [2.45, 2.75) is 23.8 Å². The lowest BCUT2D eigenvalue weighted by Gasteiger charge is -2.34. The van der Waals surface area contributed by atoms with E-state index in [9.17, 15) is 13.2 Å². The van der Waals surface area contributed by atoms with Gasteiger partial charge in [0.2, 0.25) is 0 Å². The number of alkyl halides is 4. The van der Waals surface area contributed by atoms with Crippen LogP contribution in [0.5, 0.6) is 0 Å². The van der Waals surface area contributed by atoms with E-state index in [1.54, 1.807) is 0 Å². The molecule has 0 N–H and O–H groups in total. The Morgan fingerprint density at radius 3 is 2.76 bits per heavy atom. The van der Waals surface area contributed by atoms with Crippen LogP contribution < -0.4 is 4.90 Å². The first kappa shape index (κ1) is 14.6. The second-order valence-electron chi connectivity index (χ2n) is 5.42. The van der Waals surface area contributed by atoms with E-state index >= 15 is 0 Å². The van der Waals surface area contributed by atoms with Gasteiger partial charge in [-0.05, 0) is 18.8 Å². The summed E-state index contributed by atoms with van der Waals surface area (Å²) in [5, 5.41) is 3.57. The zero-order chi connectivity index (χ0) is 15.2. The van der Waals surface area contributed by atoms with Crippen molar-refractivity contribution < 1.29 is 13.2 Å². The van der Waals surface area contributed by atoms with Gasteiger partial charge >= 0.3 is 6.18 Å². The summed E-state index contributed by atoms with van der Waals surface area (Å²) < 4.78 is 39.5. The predicted molar refractivity (Wildman–Crippen MR) is 76.7 cm³/mol. The molecule has 8 heteroatoms. The van der Waals surface area contributed by atoms with E-state index in [0.717, 1.165) is 25.5 Å². The number of rotatable bonds is 3. The van der Waals surface area contributed by atoms with E-state index in [0.29, 0.717) is 22.1 Å². The Morgan fingerprint density at radius 1 is 1.43 bits per heavy atom. The number of anilines is 1. The molecular formula is C13H14BrF3N4. The maximum Gasteiger partial charge on any atom is 0.435 e. The van der Waals surface area contributed by atoms with Crippen LogP contribution in [0.4, 0.5) is 19.0 Å². The molecule has 3 rings (SSSR count). The normalized spacial score (nSPS) is 22.3. The molecule has 21 heavy (non-hydrogen) atoms. The number of halogens is 4. The number of hydrogen-bond donors (Lipinski definition) is 0. The van der Waals surface area contributed by atoms with Crippen molar-refractivity contribution in [1.82, 2.24) is 14.6 Å². The second kappa shape index (κ2) is 5.15. The zero-order valence-electron chi connectivity index (χ0n) is 11.3. The quantitative estimate of drug-likeness (QED) is 0.785. The lowest BCUT2D eigenvalue weighted by molar-refractivity contribution is -0.141. The van der Waals surface area contributed by atoms with Crippen LogP contribution in [0.1, 0.15) is 18.5 Å². The molecule has 2 aromatic rings. The highest BCUT2D eigenvalue weighted by atomic mass is 79.9. The second-order valence-corrected chi connectivity index (χ2v) is 6.72. The Labute approximate surface area is 128 Å². The summed E-state index contributed by atoms with van der Waals surface area (Å²) >= 11 is 3.54. The fourth-order valence-electron chi connectivity index (χ4n) is 2.62. The number of hydrogen-bond acceptors (Lipinski definition) is 3. The molecule has 114 valence electrons. The van der Waals surface area contributed by atoms with Crippen molar-refractivity contribution in [1.29, 1.82) is 0 Å². The van der Waals surface area contributed by atoms with Crippen molar-refractivity contribution in [2.75, 3.05) is 18.5 Å². The van der Waals surface area contributed by atoms with Gasteiger partial charge < -0.3 is 4.90 Å². The molecule has 2 heterocycles. The Hall–Kier alpha value is -1.31. The van der Waals surface area contributed by atoms with E-state index in [4.69, 9.17) is 0 Å². The van der Waals surface area contributed by atoms with E-state index in [1.807, 2.05) is 11.9 Å². The molecule has 0 amide bonds. The molecule has 0 saturated heterocycles. The van der Waals surface area contributed by atoms with Gasteiger partial charge in [0.05, 0.1) is 0 Å². The van der Waals surface area contributed by atoms with Crippen LogP contribution in [-0.4, -0.2) is 33.0 Å². The minimum atomic E-state index is -4.45. The molecule has 0 aliphatic heterocycles. The summed E-state index contributed by atoms with van der Waals surface area (Å²) in [6.07, 6.45) is 0.625. The van der Waals surface area contributed by atoms with Crippen LogP contribution in [0.3, 0.4) is 0 Å². The standard InChI is InChI=1S/C13H14BrF3N4/c1-20(7-8-4-9(14)5-8)12-10-6-11(13(15,16)17)19-21(10)3-2-18-12/h2-3,6,8-9H,4-5,7H2,1H3. The fraction of sp³-hybridized carbons (Fsp3) is 0.538. The predicted octanol–water partition coefficient (Wildman–Crippen LogP) is 3.36. The first-order valence-electron chi connectivity index (χ1n) is 6.61. The van der Waals surface area contributed by atoms with Gasteiger partial charge in [-0.1, -0.05) is 15.9 Å². The molecule has 0 atom stereocenters. The average molecular weight is 363 g/mol. The maximum atomic E-state index is 12.8. The minimum absolute atomic E-state index is 0.377. The van der Waals surface area contributed by atoms with Crippen molar-refractivity contribution in [2.24, 2.45) is 5.92 Å². The Balaban J connectivity index is 1.89. The molecule has 0 aromatic carbocycles. The first-order chi connectivity index (χ1) is 9.84. The Morgan fingerprint density at radius 2 is 2.14 bits per heavy atom. The van der Waals surface area contributed by atoms with Crippen molar-refractivity contribution in [3.63, 3.8) is 0 Å². The molecule has 1 aliphatic carbocycles. The average Bonchev–Trinajstić information content (AvgIpc) is 2.80. The summed E-state index contributed by atoms with van der Waals surface area (Å²) in [6, 6.07) is 1.05. The van der Waals surface area contributed by atoms with Gasteiger partial charge in [-0.2, -0.15) is 18.3 Å². The van der Waals surface area contributed by atoms with Crippen molar-refractivity contribution >= 4 is 27.3 Å². The Kier molecular flexibility index (Phi) is 3.59. The van der Waals surface area contributed by atoms with Gasteiger partial charge in [0.25, 0.3) is 0 Å². The van der Waals surface area contributed by atoms with Crippen molar-refractivity contribution in [3.05, 3.63) is 24.2 Å². The van der Waals surface area contributed by atoms with E-state index in [-0.39, 0.29) is 0 Å². The lowest BCUT2D eigenvalue weighted by atomic mass is 9.85. The molecule has 1 fully saturated rings. The molecule has 4 nitrogen and oxygen atoms in total. The monoisotopic (exact) mass is 362 g/mol. The number of nitrogens with zero attached hydrogens (tertiary/aromatic N) is 4. The largest absolute Gasteiger partial charge is 0.435 e. The highest BCUT2D eigenvalue weighted by Gasteiger charge is 2.35. The summed E-state index contributed by atoms with van der Waals surface area (Å²) in [5.74, 6) is 1.07. The van der Waals surface area contributed by atoms with Crippen LogP contribution >= 0.6 is 15.9 Å². The molecule has 0 unspecified atom stereocenters. The highest BCUT2D eigenvalue weighted by molar-refractivity contribution is 9.09. The van der Waals surface area contributed by atoms with E-state index < -0.39 is 11.9 Å². The molecule has 2 aromatic heterocycles. The van der Waals surface area contributed by atoms with Crippen LogP contribution in [0, 0.1) is 5.92 Å². The van der Waals surface area contributed by atoms with Gasteiger partial charge in [0, 0.05) is 36.9 Å². The van der Waals surface area contributed by atoms with Crippen LogP contribution in [0.15, 0.2) is 18.5 Å². The van der Waals surface area contributed by atoms with Crippen molar-refractivity contribution in [3.8, 4) is 0 Å². The van der Waals surface area contributed by atoms with E-state index in [2.05, 4.69) is 26.0 Å². The summed E-state index contributed by atoms with van der Waals surface area (Å²) in [4.78, 5) is 6.68. The lowest BCUT2D eigenvalue weighted by Crippen LogP contribution is -2.35.